The Balaban J connectivity index is 1.35. The topological polar surface area (TPSA) is 146 Å². The monoisotopic (exact) mass is 558 g/mol. The molecule has 0 saturated carbocycles. The molecule has 0 bridgehead atoms. The number of hydrogen-bond donors (Lipinski definition) is 5. The summed E-state index contributed by atoms with van der Waals surface area (Å²) in [7, 11) is 1.57. The van der Waals surface area contributed by atoms with E-state index in [1.807, 2.05) is 48.5 Å². The molecule has 10 heteroatoms. The van der Waals surface area contributed by atoms with E-state index in [1.165, 1.54) is 5.56 Å². The van der Waals surface area contributed by atoms with E-state index in [9.17, 15) is 24.3 Å². The summed E-state index contributed by atoms with van der Waals surface area (Å²) in [6.45, 7) is 3.36. The first-order valence-electron chi connectivity index (χ1n) is 13.3. The van der Waals surface area contributed by atoms with E-state index in [-0.39, 0.29) is 24.1 Å². The number of carbonyl (C=O) groups excluding carboxylic acids is 3. The average Bonchev–Trinajstić information content (AvgIpc) is 3.36. The fourth-order valence-corrected chi connectivity index (χ4v) is 5.06. The second-order valence-electron chi connectivity index (χ2n) is 10.0. The summed E-state index contributed by atoms with van der Waals surface area (Å²) < 4.78 is 5.21. The van der Waals surface area contributed by atoms with Gasteiger partial charge in [-0.15, -0.1) is 0 Å². The van der Waals surface area contributed by atoms with Crippen LogP contribution in [0.1, 0.15) is 61.0 Å². The molecule has 0 fully saturated rings. The summed E-state index contributed by atoms with van der Waals surface area (Å²) in [4.78, 5) is 50.3. The minimum absolute atomic E-state index is 0.152. The van der Waals surface area contributed by atoms with Gasteiger partial charge in [0.1, 0.15) is 11.8 Å². The normalized spacial score (nSPS) is 14.4. The van der Waals surface area contributed by atoms with Gasteiger partial charge in [-0.05, 0) is 78.8 Å². The summed E-state index contributed by atoms with van der Waals surface area (Å²) in [5.41, 5.74) is 4.78. The van der Waals surface area contributed by atoms with Gasteiger partial charge in [0.2, 0.25) is 0 Å². The lowest BCUT2D eigenvalue weighted by molar-refractivity contribution is -0.139. The zero-order valence-electron chi connectivity index (χ0n) is 23.2. The van der Waals surface area contributed by atoms with Crippen LogP contribution in [0, 0.1) is 13.8 Å². The number of fused-ring (bicyclic) bond motifs is 1. The summed E-state index contributed by atoms with van der Waals surface area (Å²) in [5, 5.41) is 20.5. The number of aryl methyl sites for hydroxylation is 3. The molecule has 10 nitrogen and oxygen atoms in total. The van der Waals surface area contributed by atoms with Crippen LogP contribution in [0.4, 0.5) is 4.79 Å². The molecular formula is C31H34N4O6. The molecule has 5 N–H and O–H groups in total. The van der Waals surface area contributed by atoms with Crippen molar-refractivity contribution in [1.29, 1.82) is 0 Å². The van der Waals surface area contributed by atoms with Crippen molar-refractivity contribution in [2.45, 2.75) is 45.3 Å². The molecule has 0 aliphatic heterocycles. The number of hydrogen-bond acceptors (Lipinski definition) is 5. The number of aliphatic carboxylic acids is 1. The summed E-state index contributed by atoms with van der Waals surface area (Å²) in [6.07, 6.45) is 1.62. The van der Waals surface area contributed by atoms with Crippen molar-refractivity contribution < 1.29 is 29.0 Å². The number of carbonyl (C=O) groups is 4. The maximum absolute atomic E-state index is 13.1. The van der Waals surface area contributed by atoms with Gasteiger partial charge in [-0.3, -0.25) is 9.59 Å². The predicted octanol–water partition coefficient (Wildman–Crippen LogP) is 3.41. The molecule has 0 radical (unpaired) electrons. The average molecular weight is 559 g/mol. The minimum atomic E-state index is -1.35. The molecule has 0 aromatic heterocycles. The van der Waals surface area contributed by atoms with Crippen LogP contribution >= 0.6 is 0 Å². The molecule has 0 heterocycles. The maximum atomic E-state index is 13.1. The van der Waals surface area contributed by atoms with E-state index in [0.717, 1.165) is 24.0 Å². The number of benzene rings is 3. The lowest BCUT2D eigenvalue weighted by atomic mass is 9.98. The smallest absolute Gasteiger partial charge is 0.328 e. The van der Waals surface area contributed by atoms with Crippen LogP contribution in [-0.4, -0.2) is 48.6 Å². The Hall–Kier alpha value is -4.86. The number of carboxylic acids is 1. The number of ether oxygens (including phenoxy) is 1. The summed E-state index contributed by atoms with van der Waals surface area (Å²) in [6, 6.07) is 16.4. The zero-order valence-corrected chi connectivity index (χ0v) is 23.2. The third-order valence-electron chi connectivity index (χ3n) is 7.12. The SMILES string of the molecule is COc1cccc(CNC(=O)c2cc(C)c(C(=O)N[C@@H](CNC(=O)N[C@@H]3CCc4ccccc43)C(=O)O)c(C)c2)c1. The molecule has 0 spiro atoms. The highest BCUT2D eigenvalue weighted by Gasteiger charge is 2.26. The number of urea groups is 1. The van der Waals surface area contributed by atoms with Gasteiger partial charge in [0.05, 0.1) is 19.7 Å². The third-order valence-corrected chi connectivity index (χ3v) is 7.12. The van der Waals surface area contributed by atoms with Crippen molar-refractivity contribution in [3.8, 4) is 5.75 Å². The quantitative estimate of drug-likeness (QED) is 0.258. The van der Waals surface area contributed by atoms with Gasteiger partial charge >= 0.3 is 12.0 Å². The van der Waals surface area contributed by atoms with Crippen molar-refractivity contribution >= 4 is 23.8 Å². The Kier molecular flexibility index (Phi) is 9.23. The van der Waals surface area contributed by atoms with Crippen molar-refractivity contribution in [1.82, 2.24) is 21.3 Å². The van der Waals surface area contributed by atoms with Crippen LogP contribution < -0.4 is 26.0 Å². The summed E-state index contributed by atoms with van der Waals surface area (Å²) >= 11 is 0. The number of carboxylic acid groups (broad SMARTS) is 1. The van der Waals surface area contributed by atoms with E-state index < -0.39 is 23.9 Å². The molecule has 214 valence electrons. The first kappa shape index (κ1) is 29.1. The highest BCUT2D eigenvalue weighted by Crippen LogP contribution is 2.30. The Morgan fingerprint density at radius 2 is 1.68 bits per heavy atom. The Labute approximate surface area is 238 Å². The summed E-state index contributed by atoms with van der Waals surface area (Å²) in [5.74, 6) is -1.51. The fraction of sp³-hybridized carbons (Fsp3) is 0.290. The van der Waals surface area contributed by atoms with Gasteiger partial charge in [-0.2, -0.15) is 0 Å². The van der Waals surface area contributed by atoms with E-state index in [2.05, 4.69) is 21.3 Å². The first-order chi connectivity index (χ1) is 19.7. The number of methoxy groups -OCH3 is 1. The highest BCUT2D eigenvalue weighted by atomic mass is 16.5. The van der Waals surface area contributed by atoms with Crippen LogP contribution in [-0.2, 0) is 17.8 Å². The molecule has 3 aromatic rings. The molecule has 41 heavy (non-hydrogen) atoms. The number of nitrogens with one attached hydrogen (secondary N) is 4. The molecule has 2 atom stereocenters. The van der Waals surface area contributed by atoms with Gasteiger partial charge in [0.25, 0.3) is 11.8 Å². The van der Waals surface area contributed by atoms with E-state index in [0.29, 0.717) is 29.0 Å². The number of amides is 4. The minimum Gasteiger partial charge on any atom is -0.497 e. The van der Waals surface area contributed by atoms with Crippen molar-refractivity contribution in [2.24, 2.45) is 0 Å². The van der Waals surface area contributed by atoms with Crippen LogP contribution in [0.2, 0.25) is 0 Å². The standard InChI is InChI=1S/C31H34N4O6/c1-18-13-22(28(36)32-16-20-7-6-9-23(15-20)41-3)14-19(2)27(18)29(37)34-26(30(38)39)17-33-31(40)35-25-12-11-21-8-4-5-10-24(21)25/h4-10,13-15,25-26H,11-12,16-17H2,1-3H3,(H,32,36)(H,34,37)(H,38,39)(H2,33,35,40)/t25-,26+/m1/s1. The lowest BCUT2D eigenvalue weighted by Crippen LogP contribution is -2.50. The molecule has 1 aliphatic rings. The van der Waals surface area contributed by atoms with Crippen molar-refractivity contribution in [3.63, 3.8) is 0 Å². The number of rotatable bonds is 10. The molecule has 1 aliphatic carbocycles. The molecule has 3 aromatic carbocycles. The third kappa shape index (κ3) is 7.21. The van der Waals surface area contributed by atoms with Crippen LogP contribution in [0.25, 0.3) is 0 Å². The van der Waals surface area contributed by atoms with Crippen molar-refractivity contribution in [3.05, 3.63) is 99.6 Å². The molecule has 0 saturated heterocycles. The molecule has 4 rings (SSSR count). The van der Waals surface area contributed by atoms with E-state index in [4.69, 9.17) is 4.74 Å². The molecular weight excluding hydrogens is 524 g/mol. The van der Waals surface area contributed by atoms with Gasteiger partial charge in [-0.1, -0.05) is 36.4 Å². The molecule has 0 unspecified atom stereocenters. The second kappa shape index (κ2) is 13.0. The van der Waals surface area contributed by atoms with E-state index in [1.54, 1.807) is 33.1 Å². The van der Waals surface area contributed by atoms with E-state index >= 15 is 0 Å². The predicted molar refractivity (Wildman–Crippen MR) is 153 cm³/mol. The Bertz CT molecular complexity index is 1450. The lowest BCUT2D eigenvalue weighted by Gasteiger charge is -2.19. The van der Waals surface area contributed by atoms with Crippen molar-refractivity contribution in [2.75, 3.05) is 13.7 Å². The van der Waals surface area contributed by atoms with Crippen LogP contribution in [0.15, 0.2) is 60.7 Å². The first-order valence-corrected chi connectivity index (χ1v) is 13.3. The highest BCUT2D eigenvalue weighted by molar-refractivity contribution is 6.01. The Morgan fingerprint density at radius 3 is 2.39 bits per heavy atom. The van der Waals surface area contributed by atoms with Crippen LogP contribution in [0.5, 0.6) is 5.75 Å². The Morgan fingerprint density at radius 1 is 0.951 bits per heavy atom. The van der Waals surface area contributed by atoms with Gasteiger partial charge in [0.15, 0.2) is 0 Å². The van der Waals surface area contributed by atoms with Crippen LogP contribution in [0.3, 0.4) is 0 Å². The fourth-order valence-electron chi connectivity index (χ4n) is 5.06. The maximum Gasteiger partial charge on any atom is 0.328 e. The largest absolute Gasteiger partial charge is 0.497 e. The molecule has 4 amide bonds. The van der Waals surface area contributed by atoms with Gasteiger partial charge in [0, 0.05) is 17.7 Å². The zero-order chi connectivity index (χ0) is 29.5. The van der Waals surface area contributed by atoms with Gasteiger partial charge in [-0.25, -0.2) is 9.59 Å². The second-order valence-corrected chi connectivity index (χ2v) is 10.0. The van der Waals surface area contributed by atoms with Gasteiger partial charge < -0.3 is 31.1 Å².